The number of halogens is 2. The summed E-state index contributed by atoms with van der Waals surface area (Å²) in [7, 11) is 0. The fraction of sp³-hybridized carbons (Fsp3) is 0.438. The van der Waals surface area contributed by atoms with Crippen LogP contribution in [0.4, 0.5) is 4.39 Å². The fourth-order valence-electron chi connectivity index (χ4n) is 2.35. The number of rotatable bonds is 4. The lowest BCUT2D eigenvalue weighted by atomic mass is 9.99. The monoisotopic (exact) mass is 312 g/mol. The van der Waals surface area contributed by atoms with Gasteiger partial charge in [-0.05, 0) is 62.5 Å². The first-order valence-electron chi connectivity index (χ1n) is 7.08. The van der Waals surface area contributed by atoms with Gasteiger partial charge in [0.2, 0.25) is 5.91 Å². The highest BCUT2D eigenvalue weighted by Crippen LogP contribution is 2.10. The van der Waals surface area contributed by atoms with E-state index in [1.54, 1.807) is 25.1 Å². The molecular formula is C16H22ClFN2O. The van der Waals surface area contributed by atoms with E-state index in [0.29, 0.717) is 18.0 Å². The molecule has 1 aliphatic rings. The Morgan fingerprint density at radius 3 is 2.76 bits per heavy atom. The second-order valence-electron chi connectivity index (χ2n) is 5.30. The van der Waals surface area contributed by atoms with Gasteiger partial charge in [-0.15, -0.1) is 12.4 Å². The predicted octanol–water partition coefficient (Wildman–Crippen LogP) is 2.77. The third-order valence-electron chi connectivity index (χ3n) is 3.56. The van der Waals surface area contributed by atoms with Crippen molar-refractivity contribution in [1.82, 2.24) is 10.6 Å². The largest absolute Gasteiger partial charge is 0.352 e. The quantitative estimate of drug-likeness (QED) is 0.839. The normalized spacial score (nSPS) is 18.8. The highest BCUT2D eigenvalue weighted by Gasteiger charge is 2.14. The van der Waals surface area contributed by atoms with Crippen LogP contribution in [-0.2, 0) is 4.79 Å². The second-order valence-corrected chi connectivity index (χ2v) is 5.30. The first-order valence-corrected chi connectivity index (χ1v) is 7.08. The molecule has 0 bridgehead atoms. The summed E-state index contributed by atoms with van der Waals surface area (Å²) in [4.78, 5) is 12.0. The smallest absolute Gasteiger partial charge is 0.246 e. The number of hydrogen-bond acceptors (Lipinski definition) is 2. The molecule has 1 aromatic rings. The molecule has 116 valence electrons. The number of piperidine rings is 1. The van der Waals surface area contributed by atoms with Crippen LogP contribution in [0.3, 0.4) is 0 Å². The molecule has 1 unspecified atom stereocenters. The second kappa shape index (κ2) is 8.80. The van der Waals surface area contributed by atoms with E-state index in [2.05, 4.69) is 10.6 Å². The van der Waals surface area contributed by atoms with Crippen molar-refractivity contribution in [2.45, 2.75) is 19.8 Å². The third kappa shape index (κ3) is 5.86. The first kappa shape index (κ1) is 17.7. The molecule has 0 radical (unpaired) electrons. The third-order valence-corrected chi connectivity index (χ3v) is 3.56. The van der Waals surface area contributed by atoms with E-state index in [-0.39, 0.29) is 24.1 Å². The zero-order valence-corrected chi connectivity index (χ0v) is 13.0. The molecule has 1 atom stereocenters. The average molecular weight is 313 g/mol. The molecule has 2 rings (SSSR count). The highest BCUT2D eigenvalue weighted by atomic mass is 35.5. The molecular weight excluding hydrogens is 291 g/mol. The molecule has 0 aromatic heterocycles. The Kier molecular flexibility index (Phi) is 7.40. The summed E-state index contributed by atoms with van der Waals surface area (Å²) in [6.07, 6.45) is 4.10. The van der Waals surface area contributed by atoms with E-state index in [4.69, 9.17) is 0 Å². The van der Waals surface area contributed by atoms with Gasteiger partial charge in [-0.2, -0.15) is 0 Å². The van der Waals surface area contributed by atoms with E-state index in [1.165, 1.54) is 18.6 Å². The Morgan fingerprint density at radius 1 is 1.43 bits per heavy atom. The van der Waals surface area contributed by atoms with Crippen molar-refractivity contribution in [1.29, 1.82) is 0 Å². The maximum Gasteiger partial charge on any atom is 0.246 e. The molecule has 1 amide bonds. The molecule has 21 heavy (non-hydrogen) atoms. The molecule has 3 nitrogen and oxygen atoms in total. The predicted molar refractivity (Wildman–Crippen MR) is 85.9 cm³/mol. The summed E-state index contributed by atoms with van der Waals surface area (Å²) in [5.41, 5.74) is 1.47. The Balaban J connectivity index is 0.00000220. The number of nitrogens with one attached hydrogen (secondary N) is 2. The summed E-state index contributed by atoms with van der Waals surface area (Å²) < 4.78 is 12.8. The summed E-state index contributed by atoms with van der Waals surface area (Å²) in [5.74, 6) is 0.195. The van der Waals surface area contributed by atoms with Crippen LogP contribution < -0.4 is 10.6 Å². The van der Waals surface area contributed by atoms with Crippen molar-refractivity contribution in [2.24, 2.45) is 5.92 Å². The van der Waals surface area contributed by atoms with Gasteiger partial charge < -0.3 is 10.6 Å². The minimum Gasteiger partial charge on any atom is -0.352 e. The Morgan fingerprint density at radius 2 is 2.14 bits per heavy atom. The van der Waals surface area contributed by atoms with Gasteiger partial charge in [0.25, 0.3) is 0 Å². The van der Waals surface area contributed by atoms with E-state index in [9.17, 15) is 9.18 Å². The molecule has 1 saturated heterocycles. The number of hydrogen-bond donors (Lipinski definition) is 2. The number of amides is 1. The van der Waals surface area contributed by atoms with Gasteiger partial charge in [0.05, 0.1) is 0 Å². The zero-order chi connectivity index (χ0) is 14.4. The molecule has 0 saturated carbocycles. The maximum atomic E-state index is 12.8. The van der Waals surface area contributed by atoms with Crippen molar-refractivity contribution < 1.29 is 9.18 Å². The molecule has 1 aliphatic heterocycles. The molecule has 2 N–H and O–H groups in total. The molecule has 5 heteroatoms. The van der Waals surface area contributed by atoms with Crippen molar-refractivity contribution in [3.63, 3.8) is 0 Å². The standard InChI is InChI=1S/C16H21FN2O.ClH/c1-12(9-13-4-6-15(17)7-5-13)16(20)19-11-14-3-2-8-18-10-14;/h4-7,9,14,18H,2-3,8,10-11H2,1H3,(H,19,20);1H. The molecule has 0 aliphatic carbocycles. The van der Waals surface area contributed by atoms with Crippen molar-refractivity contribution in [3.05, 3.63) is 41.2 Å². The summed E-state index contributed by atoms with van der Waals surface area (Å²) in [6.45, 7) is 4.53. The van der Waals surface area contributed by atoms with Gasteiger partial charge in [-0.1, -0.05) is 12.1 Å². The molecule has 0 spiro atoms. The summed E-state index contributed by atoms with van der Waals surface area (Å²) in [6, 6.07) is 6.11. The molecule has 1 heterocycles. The fourth-order valence-corrected chi connectivity index (χ4v) is 2.35. The average Bonchev–Trinajstić information content (AvgIpc) is 2.48. The Bertz CT molecular complexity index is 482. The summed E-state index contributed by atoms with van der Waals surface area (Å²) in [5, 5.41) is 6.29. The van der Waals surface area contributed by atoms with Crippen LogP contribution in [0.15, 0.2) is 29.8 Å². The first-order chi connectivity index (χ1) is 9.65. The van der Waals surface area contributed by atoms with Crippen LogP contribution in [0.5, 0.6) is 0 Å². The minimum absolute atomic E-state index is 0. The lowest BCUT2D eigenvalue weighted by Gasteiger charge is -2.22. The van der Waals surface area contributed by atoms with E-state index >= 15 is 0 Å². The highest BCUT2D eigenvalue weighted by molar-refractivity contribution is 5.97. The molecule has 1 aromatic carbocycles. The number of benzene rings is 1. The molecule has 1 fully saturated rings. The van der Waals surface area contributed by atoms with Gasteiger partial charge in [-0.25, -0.2) is 4.39 Å². The van der Waals surface area contributed by atoms with Gasteiger partial charge in [0.1, 0.15) is 5.82 Å². The minimum atomic E-state index is -0.269. The van der Waals surface area contributed by atoms with Crippen molar-refractivity contribution in [3.8, 4) is 0 Å². The van der Waals surface area contributed by atoms with Gasteiger partial charge in [0.15, 0.2) is 0 Å². The van der Waals surface area contributed by atoms with Crippen molar-refractivity contribution >= 4 is 24.4 Å². The zero-order valence-electron chi connectivity index (χ0n) is 12.2. The SMILES string of the molecule is CC(=Cc1ccc(F)cc1)C(=O)NCC1CCCNC1.Cl. The Hall–Kier alpha value is -1.39. The maximum absolute atomic E-state index is 12.8. The van der Waals surface area contributed by atoms with Crippen LogP contribution >= 0.6 is 12.4 Å². The lowest BCUT2D eigenvalue weighted by molar-refractivity contribution is -0.117. The van der Waals surface area contributed by atoms with E-state index in [0.717, 1.165) is 25.1 Å². The number of carbonyl (C=O) groups is 1. The van der Waals surface area contributed by atoms with Gasteiger partial charge in [-0.3, -0.25) is 4.79 Å². The van der Waals surface area contributed by atoms with Crippen LogP contribution in [0.2, 0.25) is 0 Å². The van der Waals surface area contributed by atoms with Gasteiger partial charge in [0, 0.05) is 12.1 Å². The Labute approximate surface area is 131 Å². The topological polar surface area (TPSA) is 41.1 Å². The van der Waals surface area contributed by atoms with E-state index in [1.807, 2.05) is 0 Å². The van der Waals surface area contributed by atoms with Crippen LogP contribution in [-0.4, -0.2) is 25.5 Å². The van der Waals surface area contributed by atoms with Crippen LogP contribution in [0.1, 0.15) is 25.3 Å². The number of carbonyl (C=O) groups excluding carboxylic acids is 1. The van der Waals surface area contributed by atoms with Gasteiger partial charge >= 0.3 is 0 Å². The van der Waals surface area contributed by atoms with E-state index < -0.39 is 0 Å². The lowest BCUT2D eigenvalue weighted by Crippen LogP contribution is -2.38. The van der Waals surface area contributed by atoms with Crippen LogP contribution in [0.25, 0.3) is 6.08 Å². The summed E-state index contributed by atoms with van der Waals surface area (Å²) >= 11 is 0. The van der Waals surface area contributed by atoms with Crippen LogP contribution in [0, 0.1) is 11.7 Å². The van der Waals surface area contributed by atoms with Crippen molar-refractivity contribution in [2.75, 3.05) is 19.6 Å².